The van der Waals surface area contributed by atoms with Gasteiger partial charge in [0.25, 0.3) is 0 Å². The van der Waals surface area contributed by atoms with Crippen LogP contribution in [-0.4, -0.2) is 12.1 Å². The third kappa shape index (κ3) is 7.29. The predicted octanol–water partition coefficient (Wildman–Crippen LogP) is 4.34. The van der Waals surface area contributed by atoms with Crippen LogP contribution in [0.1, 0.15) is 46.1 Å². The van der Waals surface area contributed by atoms with Gasteiger partial charge in [0.15, 0.2) is 0 Å². The molecule has 0 atom stereocenters. The Morgan fingerprint density at radius 2 is 1.83 bits per heavy atom. The SMILES string of the molecule is CC(=CCCNC(C)(C)C)CCc1ccccc1. The molecule has 1 nitrogen and oxygen atoms in total. The minimum absolute atomic E-state index is 0.228. The molecule has 0 aliphatic heterocycles. The Kier molecular flexibility index (Phi) is 6.14. The smallest absolute Gasteiger partial charge is 0.00966 e. The minimum atomic E-state index is 0.228. The molecule has 0 aliphatic carbocycles. The summed E-state index contributed by atoms with van der Waals surface area (Å²) in [5.41, 5.74) is 3.15. The molecule has 0 saturated carbocycles. The molecule has 0 aliphatic rings. The van der Waals surface area contributed by atoms with Gasteiger partial charge in [0.05, 0.1) is 0 Å². The van der Waals surface area contributed by atoms with Gasteiger partial charge in [-0.15, -0.1) is 0 Å². The van der Waals surface area contributed by atoms with Crippen LogP contribution in [0.5, 0.6) is 0 Å². The lowest BCUT2D eigenvalue weighted by atomic mass is 10.0. The number of allylic oxidation sites excluding steroid dienone is 1. The van der Waals surface area contributed by atoms with E-state index < -0.39 is 0 Å². The average Bonchev–Trinajstić information content (AvgIpc) is 2.32. The molecule has 0 spiro atoms. The van der Waals surface area contributed by atoms with Crippen molar-refractivity contribution in [3.05, 3.63) is 47.5 Å². The van der Waals surface area contributed by atoms with E-state index in [1.165, 1.54) is 17.6 Å². The van der Waals surface area contributed by atoms with Gasteiger partial charge >= 0.3 is 0 Å². The van der Waals surface area contributed by atoms with Gasteiger partial charge in [0, 0.05) is 5.54 Å². The highest BCUT2D eigenvalue weighted by atomic mass is 14.9. The van der Waals surface area contributed by atoms with Crippen LogP contribution in [0, 0.1) is 0 Å². The molecule has 0 fully saturated rings. The first-order valence-corrected chi connectivity index (χ1v) is 6.92. The quantitative estimate of drug-likeness (QED) is 0.580. The molecule has 100 valence electrons. The first-order valence-electron chi connectivity index (χ1n) is 6.92. The molecule has 1 aromatic rings. The molecule has 1 heteroatoms. The predicted molar refractivity (Wildman–Crippen MR) is 80.9 cm³/mol. The summed E-state index contributed by atoms with van der Waals surface area (Å²) < 4.78 is 0. The van der Waals surface area contributed by atoms with Crippen molar-refractivity contribution in [2.24, 2.45) is 0 Å². The normalized spacial score (nSPS) is 12.8. The molecular weight excluding hydrogens is 218 g/mol. The molecule has 18 heavy (non-hydrogen) atoms. The number of benzene rings is 1. The number of aryl methyl sites for hydroxylation is 1. The van der Waals surface area contributed by atoms with Crippen molar-refractivity contribution in [2.45, 2.75) is 52.5 Å². The Labute approximate surface area is 112 Å². The lowest BCUT2D eigenvalue weighted by Crippen LogP contribution is -2.36. The van der Waals surface area contributed by atoms with Crippen molar-refractivity contribution >= 4 is 0 Å². The van der Waals surface area contributed by atoms with Gasteiger partial charge < -0.3 is 5.32 Å². The van der Waals surface area contributed by atoms with Gasteiger partial charge in [-0.25, -0.2) is 0 Å². The maximum atomic E-state index is 3.51. The second-order valence-electron chi connectivity index (χ2n) is 6.00. The average molecular weight is 245 g/mol. The lowest BCUT2D eigenvalue weighted by Gasteiger charge is -2.19. The highest BCUT2D eigenvalue weighted by molar-refractivity contribution is 5.16. The van der Waals surface area contributed by atoms with Gasteiger partial charge in [-0.2, -0.15) is 0 Å². The van der Waals surface area contributed by atoms with Crippen LogP contribution < -0.4 is 5.32 Å². The molecule has 1 aromatic carbocycles. The van der Waals surface area contributed by atoms with Crippen LogP contribution in [0.4, 0.5) is 0 Å². The van der Waals surface area contributed by atoms with Gasteiger partial charge in [0.1, 0.15) is 0 Å². The van der Waals surface area contributed by atoms with E-state index in [0.717, 1.165) is 19.4 Å². The van der Waals surface area contributed by atoms with Crippen LogP contribution in [-0.2, 0) is 6.42 Å². The van der Waals surface area contributed by atoms with E-state index in [-0.39, 0.29) is 5.54 Å². The van der Waals surface area contributed by atoms with Crippen LogP contribution in [0.3, 0.4) is 0 Å². The molecule has 0 heterocycles. The Balaban J connectivity index is 2.22. The van der Waals surface area contributed by atoms with E-state index in [1.54, 1.807) is 0 Å². The van der Waals surface area contributed by atoms with E-state index >= 15 is 0 Å². The number of hydrogen-bond donors (Lipinski definition) is 1. The maximum Gasteiger partial charge on any atom is 0.00966 e. The first kappa shape index (κ1) is 15.0. The van der Waals surface area contributed by atoms with Crippen molar-refractivity contribution in [3.63, 3.8) is 0 Å². The monoisotopic (exact) mass is 245 g/mol. The minimum Gasteiger partial charge on any atom is -0.312 e. The summed E-state index contributed by atoms with van der Waals surface area (Å²) >= 11 is 0. The topological polar surface area (TPSA) is 12.0 Å². The number of rotatable bonds is 6. The second-order valence-corrected chi connectivity index (χ2v) is 6.00. The molecule has 0 aromatic heterocycles. The first-order chi connectivity index (χ1) is 8.47. The van der Waals surface area contributed by atoms with Crippen LogP contribution >= 0.6 is 0 Å². The fourth-order valence-electron chi connectivity index (χ4n) is 1.85. The van der Waals surface area contributed by atoms with Gasteiger partial charge in [-0.3, -0.25) is 0 Å². The zero-order chi connectivity index (χ0) is 13.4. The van der Waals surface area contributed by atoms with E-state index in [0.29, 0.717) is 0 Å². The molecule has 0 amide bonds. The summed E-state index contributed by atoms with van der Waals surface area (Å²) in [6.07, 6.45) is 5.80. The Morgan fingerprint density at radius 3 is 2.44 bits per heavy atom. The highest BCUT2D eigenvalue weighted by Gasteiger charge is 2.06. The van der Waals surface area contributed by atoms with E-state index in [2.05, 4.69) is 69.4 Å². The molecule has 0 unspecified atom stereocenters. The van der Waals surface area contributed by atoms with Gasteiger partial charge in [-0.05, 0) is 59.1 Å². The third-order valence-electron chi connectivity index (χ3n) is 2.94. The summed E-state index contributed by atoms with van der Waals surface area (Å²) in [5, 5.41) is 3.51. The summed E-state index contributed by atoms with van der Waals surface area (Å²) in [6.45, 7) is 9.92. The van der Waals surface area contributed by atoms with E-state index in [1.807, 2.05) is 0 Å². The van der Waals surface area contributed by atoms with Gasteiger partial charge in [0.2, 0.25) is 0 Å². The summed E-state index contributed by atoms with van der Waals surface area (Å²) in [6, 6.07) is 10.7. The number of nitrogens with one attached hydrogen (secondary N) is 1. The molecule has 0 radical (unpaired) electrons. The summed E-state index contributed by atoms with van der Waals surface area (Å²) in [4.78, 5) is 0. The van der Waals surface area contributed by atoms with E-state index in [9.17, 15) is 0 Å². The molecule has 1 rings (SSSR count). The second kappa shape index (κ2) is 7.38. The van der Waals surface area contributed by atoms with Crippen molar-refractivity contribution in [1.29, 1.82) is 0 Å². The standard InChI is InChI=1S/C17H27N/c1-15(9-8-14-18-17(2,3)4)12-13-16-10-6-5-7-11-16/h5-7,9-11,18H,8,12-14H2,1-4H3. The van der Waals surface area contributed by atoms with Crippen molar-refractivity contribution in [1.82, 2.24) is 5.32 Å². The van der Waals surface area contributed by atoms with Crippen LogP contribution in [0.15, 0.2) is 42.0 Å². The number of hydrogen-bond acceptors (Lipinski definition) is 1. The molecule has 0 bridgehead atoms. The summed E-state index contributed by atoms with van der Waals surface area (Å²) in [7, 11) is 0. The van der Waals surface area contributed by atoms with Crippen molar-refractivity contribution in [3.8, 4) is 0 Å². The fourth-order valence-corrected chi connectivity index (χ4v) is 1.85. The Hall–Kier alpha value is -1.08. The Bertz CT molecular complexity index is 357. The highest BCUT2D eigenvalue weighted by Crippen LogP contribution is 2.09. The van der Waals surface area contributed by atoms with Crippen LogP contribution in [0.2, 0.25) is 0 Å². The maximum absolute atomic E-state index is 3.51. The largest absolute Gasteiger partial charge is 0.312 e. The van der Waals surface area contributed by atoms with Gasteiger partial charge in [-0.1, -0.05) is 42.0 Å². The van der Waals surface area contributed by atoms with Crippen molar-refractivity contribution < 1.29 is 0 Å². The fraction of sp³-hybridized carbons (Fsp3) is 0.529. The molecule has 0 saturated heterocycles. The molecular formula is C17H27N. The summed E-state index contributed by atoms with van der Waals surface area (Å²) in [5.74, 6) is 0. The molecule has 1 N–H and O–H groups in total. The zero-order valence-corrected chi connectivity index (χ0v) is 12.3. The zero-order valence-electron chi connectivity index (χ0n) is 12.3. The van der Waals surface area contributed by atoms with E-state index in [4.69, 9.17) is 0 Å². The van der Waals surface area contributed by atoms with Crippen LogP contribution in [0.25, 0.3) is 0 Å². The van der Waals surface area contributed by atoms with Crippen molar-refractivity contribution in [2.75, 3.05) is 6.54 Å². The Morgan fingerprint density at radius 1 is 1.17 bits per heavy atom. The lowest BCUT2D eigenvalue weighted by molar-refractivity contribution is 0.431. The third-order valence-corrected chi connectivity index (χ3v) is 2.94.